The first kappa shape index (κ1) is 19.4. The van der Waals surface area contributed by atoms with Gasteiger partial charge < -0.3 is 10.2 Å². The van der Waals surface area contributed by atoms with Gasteiger partial charge in [-0.2, -0.15) is 0 Å². The molecule has 0 heterocycles. The van der Waals surface area contributed by atoms with Gasteiger partial charge in [-0.1, -0.05) is 23.2 Å². The zero-order chi connectivity index (χ0) is 19.6. The lowest BCUT2D eigenvalue weighted by molar-refractivity contribution is -0.393. The van der Waals surface area contributed by atoms with E-state index in [4.69, 9.17) is 23.2 Å². The number of halogens is 2. The molecule has 0 spiro atoms. The van der Waals surface area contributed by atoms with Crippen molar-refractivity contribution in [3.8, 4) is 0 Å². The third-order valence-electron chi connectivity index (χ3n) is 3.35. The van der Waals surface area contributed by atoms with Gasteiger partial charge in [-0.25, -0.2) is 0 Å². The summed E-state index contributed by atoms with van der Waals surface area (Å²) in [5.74, 6) is -0.787. The van der Waals surface area contributed by atoms with E-state index in [1.807, 2.05) is 0 Å². The summed E-state index contributed by atoms with van der Waals surface area (Å²) >= 11 is 11.8. The van der Waals surface area contributed by atoms with Gasteiger partial charge >= 0.3 is 0 Å². The number of carbonyl (C=O) groups excluding carboxylic acids is 1. The van der Waals surface area contributed by atoms with Gasteiger partial charge in [-0.05, 0) is 18.2 Å². The number of hydrogen-bond donors (Lipinski definition) is 1. The van der Waals surface area contributed by atoms with E-state index in [0.717, 1.165) is 12.1 Å². The summed E-state index contributed by atoms with van der Waals surface area (Å²) in [5.41, 5.74) is -1.23. The lowest BCUT2D eigenvalue weighted by atomic mass is 10.1. The quantitative estimate of drug-likeness (QED) is 0.597. The number of anilines is 2. The summed E-state index contributed by atoms with van der Waals surface area (Å²) in [4.78, 5) is 34.8. The first-order valence-electron chi connectivity index (χ1n) is 7.02. The molecule has 1 N–H and O–H groups in total. The van der Waals surface area contributed by atoms with Crippen molar-refractivity contribution in [2.75, 3.05) is 24.3 Å². The topological polar surface area (TPSA) is 119 Å². The molecule has 9 nitrogen and oxygen atoms in total. The smallest absolute Gasteiger partial charge is 0.300 e. The van der Waals surface area contributed by atoms with Crippen LogP contribution in [0.5, 0.6) is 0 Å². The molecular formula is C15H12Cl2N4O5. The molecule has 0 saturated heterocycles. The van der Waals surface area contributed by atoms with E-state index < -0.39 is 27.1 Å². The largest absolute Gasteiger partial charge is 0.371 e. The van der Waals surface area contributed by atoms with Crippen LogP contribution < -0.4 is 10.2 Å². The van der Waals surface area contributed by atoms with Crippen molar-refractivity contribution in [3.05, 3.63) is 66.2 Å². The van der Waals surface area contributed by atoms with Crippen molar-refractivity contribution < 1.29 is 14.6 Å². The van der Waals surface area contributed by atoms with Gasteiger partial charge in [0.05, 0.1) is 32.2 Å². The van der Waals surface area contributed by atoms with Crippen molar-refractivity contribution >= 4 is 51.9 Å². The Morgan fingerprint density at radius 3 is 2.23 bits per heavy atom. The molecule has 1 amide bonds. The number of rotatable bonds is 5. The van der Waals surface area contributed by atoms with Crippen molar-refractivity contribution in [1.29, 1.82) is 0 Å². The number of nitrogens with zero attached hydrogens (tertiary/aromatic N) is 3. The molecule has 2 aromatic rings. The minimum absolute atomic E-state index is 0.0665. The van der Waals surface area contributed by atoms with Gasteiger partial charge in [0.15, 0.2) is 0 Å². The maximum absolute atomic E-state index is 12.7. The highest BCUT2D eigenvalue weighted by Crippen LogP contribution is 2.36. The SMILES string of the molecule is CN(C)c1c(C(=O)Nc2ccc(Cl)cc2Cl)cc([N+](=O)[O-])cc1[N+](=O)[O-]. The van der Waals surface area contributed by atoms with E-state index >= 15 is 0 Å². The zero-order valence-corrected chi connectivity index (χ0v) is 15.0. The Kier molecular flexibility index (Phi) is 5.63. The molecule has 0 aliphatic rings. The minimum atomic E-state index is -0.807. The average Bonchev–Trinajstić information content (AvgIpc) is 2.55. The van der Waals surface area contributed by atoms with Crippen LogP contribution in [0.4, 0.5) is 22.7 Å². The molecule has 2 rings (SSSR count). The van der Waals surface area contributed by atoms with E-state index in [9.17, 15) is 25.0 Å². The van der Waals surface area contributed by atoms with Crippen LogP contribution in [0.2, 0.25) is 10.0 Å². The maximum Gasteiger partial charge on any atom is 0.300 e. The number of nitro benzene ring substituents is 2. The third-order valence-corrected chi connectivity index (χ3v) is 3.90. The molecule has 2 aromatic carbocycles. The molecular weight excluding hydrogens is 387 g/mol. The van der Waals surface area contributed by atoms with Crippen molar-refractivity contribution in [1.82, 2.24) is 0 Å². The second kappa shape index (κ2) is 7.54. The number of amides is 1. The lowest BCUT2D eigenvalue weighted by Crippen LogP contribution is -2.20. The summed E-state index contributed by atoms with van der Waals surface area (Å²) in [6, 6.07) is 6.12. The Hall–Kier alpha value is -2.91. The molecule has 0 saturated carbocycles. The van der Waals surface area contributed by atoms with Gasteiger partial charge in [-0.3, -0.25) is 25.0 Å². The molecule has 26 heavy (non-hydrogen) atoms. The van der Waals surface area contributed by atoms with Gasteiger partial charge in [0.2, 0.25) is 0 Å². The summed E-state index contributed by atoms with van der Waals surface area (Å²) in [7, 11) is 2.97. The fraction of sp³-hybridized carbons (Fsp3) is 0.133. The summed E-state index contributed by atoms with van der Waals surface area (Å²) in [6.07, 6.45) is 0. The van der Waals surface area contributed by atoms with Crippen LogP contribution in [0.1, 0.15) is 10.4 Å². The molecule has 0 fully saturated rings. The Bertz CT molecular complexity index is 917. The highest BCUT2D eigenvalue weighted by molar-refractivity contribution is 6.36. The highest BCUT2D eigenvalue weighted by Gasteiger charge is 2.29. The third kappa shape index (κ3) is 4.01. The van der Waals surface area contributed by atoms with Gasteiger partial charge in [0.1, 0.15) is 5.69 Å². The van der Waals surface area contributed by atoms with Gasteiger partial charge in [-0.15, -0.1) is 0 Å². The fourth-order valence-corrected chi connectivity index (χ4v) is 2.73. The van der Waals surface area contributed by atoms with Crippen LogP contribution in [0, 0.1) is 20.2 Å². The number of hydrogen-bond acceptors (Lipinski definition) is 6. The summed E-state index contributed by atoms with van der Waals surface area (Å²) in [5, 5.41) is 25.4. The fourth-order valence-electron chi connectivity index (χ4n) is 2.27. The van der Waals surface area contributed by atoms with Crippen LogP contribution >= 0.6 is 23.2 Å². The Balaban J connectivity index is 2.60. The number of carbonyl (C=O) groups is 1. The Labute approximate surface area is 157 Å². The normalized spacial score (nSPS) is 10.3. The average molecular weight is 399 g/mol. The second-order valence-corrected chi connectivity index (χ2v) is 6.19. The summed E-state index contributed by atoms with van der Waals surface area (Å²) < 4.78 is 0. The predicted octanol–water partition coefficient (Wildman–Crippen LogP) is 4.13. The molecule has 0 bridgehead atoms. The molecule has 0 aliphatic heterocycles. The lowest BCUT2D eigenvalue weighted by Gasteiger charge is -2.17. The van der Waals surface area contributed by atoms with Crippen LogP contribution in [0.15, 0.2) is 30.3 Å². The molecule has 0 aromatic heterocycles. The molecule has 11 heteroatoms. The van der Waals surface area contributed by atoms with E-state index in [-0.39, 0.29) is 22.0 Å². The van der Waals surface area contributed by atoms with E-state index in [1.54, 1.807) is 0 Å². The van der Waals surface area contributed by atoms with E-state index in [0.29, 0.717) is 5.02 Å². The number of nitro groups is 2. The highest BCUT2D eigenvalue weighted by atomic mass is 35.5. The Morgan fingerprint density at radius 1 is 1.08 bits per heavy atom. The van der Waals surface area contributed by atoms with E-state index in [1.165, 1.54) is 37.2 Å². The standard InChI is InChI=1S/C15H12Cl2N4O5/c1-19(2)14-10(6-9(20(23)24)7-13(14)21(25)26)15(22)18-12-4-3-8(16)5-11(12)17/h3-7H,1-2H3,(H,18,22). The van der Waals surface area contributed by atoms with Crippen molar-refractivity contribution in [2.45, 2.75) is 0 Å². The second-order valence-electron chi connectivity index (χ2n) is 5.35. The van der Waals surface area contributed by atoms with Crippen LogP contribution in [0.3, 0.4) is 0 Å². The molecule has 0 radical (unpaired) electrons. The zero-order valence-electron chi connectivity index (χ0n) is 13.5. The van der Waals surface area contributed by atoms with Crippen molar-refractivity contribution in [3.63, 3.8) is 0 Å². The predicted molar refractivity (Wildman–Crippen MR) is 98.5 cm³/mol. The number of nitrogens with one attached hydrogen (secondary N) is 1. The van der Waals surface area contributed by atoms with Crippen LogP contribution in [-0.4, -0.2) is 29.8 Å². The number of non-ortho nitro benzene ring substituents is 1. The first-order chi connectivity index (χ1) is 12.1. The van der Waals surface area contributed by atoms with Crippen LogP contribution in [0.25, 0.3) is 0 Å². The first-order valence-corrected chi connectivity index (χ1v) is 7.78. The summed E-state index contributed by atoms with van der Waals surface area (Å²) in [6.45, 7) is 0. The van der Waals surface area contributed by atoms with Crippen molar-refractivity contribution in [2.24, 2.45) is 0 Å². The Morgan fingerprint density at radius 2 is 1.73 bits per heavy atom. The molecule has 0 unspecified atom stereocenters. The molecule has 0 aliphatic carbocycles. The van der Waals surface area contributed by atoms with Gasteiger partial charge in [0.25, 0.3) is 17.3 Å². The maximum atomic E-state index is 12.7. The molecule has 136 valence electrons. The monoisotopic (exact) mass is 398 g/mol. The van der Waals surface area contributed by atoms with Gasteiger partial charge in [0, 0.05) is 25.2 Å². The van der Waals surface area contributed by atoms with E-state index in [2.05, 4.69) is 5.32 Å². The minimum Gasteiger partial charge on any atom is -0.371 e. The van der Waals surface area contributed by atoms with Crippen LogP contribution in [-0.2, 0) is 0 Å². The molecule has 0 atom stereocenters. The number of benzene rings is 2.